The topological polar surface area (TPSA) is 55.4 Å². The van der Waals surface area contributed by atoms with E-state index in [1.807, 2.05) is 66.7 Å². The highest BCUT2D eigenvalue weighted by Crippen LogP contribution is 2.37. The summed E-state index contributed by atoms with van der Waals surface area (Å²) >= 11 is 7.37. The first-order chi connectivity index (χ1) is 16.5. The van der Waals surface area contributed by atoms with E-state index >= 15 is 0 Å². The van der Waals surface area contributed by atoms with E-state index in [-0.39, 0.29) is 17.9 Å². The number of ether oxygens (including phenoxy) is 1. The molecule has 3 aliphatic heterocycles. The summed E-state index contributed by atoms with van der Waals surface area (Å²) < 4.78 is 7.50. The maximum Gasteiger partial charge on any atom is 0.333 e. The number of nitrogens with zero attached hydrogens (tertiary/aromatic N) is 1. The molecule has 3 fully saturated rings. The molecule has 6 rings (SSSR count). The smallest absolute Gasteiger partial charge is 0.333 e. The molecule has 5 nitrogen and oxygen atoms in total. The molecule has 0 aliphatic carbocycles. The van der Waals surface area contributed by atoms with Gasteiger partial charge in [-0.3, -0.25) is 4.79 Å². The van der Waals surface area contributed by atoms with Gasteiger partial charge >= 0.3 is 5.97 Å². The Morgan fingerprint density at radius 3 is 2.32 bits per heavy atom. The molecule has 0 radical (unpaired) electrons. The molecule has 2 aromatic carbocycles. The Bertz CT molecular complexity index is 1140. The van der Waals surface area contributed by atoms with Crippen molar-refractivity contribution in [3.63, 3.8) is 0 Å². The second-order valence-electron chi connectivity index (χ2n) is 9.32. The first kappa shape index (κ1) is 23.1. The first-order valence-corrected chi connectivity index (χ1v) is 12.9. The van der Waals surface area contributed by atoms with E-state index in [0.29, 0.717) is 32.7 Å². The molecule has 7 heteroatoms. The van der Waals surface area contributed by atoms with Gasteiger partial charge in [-0.1, -0.05) is 60.1 Å². The van der Waals surface area contributed by atoms with Crippen LogP contribution in [0.4, 0.5) is 5.69 Å². The third-order valence-corrected chi connectivity index (χ3v) is 8.36. The minimum absolute atomic E-state index is 0.121. The zero-order chi connectivity index (χ0) is 23.5. The molecule has 3 saturated heterocycles. The van der Waals surface area contributed by atoms with Crippen molar-refractivity contribution in [2.24, 2.45) is 5.92 Å². The maximum atomic E-state index is 13.5. The maximum absolute atomic E-state index is 13.5. The minimum Gasteiger partial charge on any atom is -0.454 e. The van der Waals surface area contributed by atoms with Gasteiger partial charge in [0.15, 0.2) is 12.1 Å². The van der Waals surface area contributed by atoms with Gasteiger partial charge in [0, 0.05) is 24.4 Å². The number of anilines is 1. The largest absolute Gasteiger partial charge is 0.454 e. The molecule has 1 aromatic heterocycles. The van der Waals surface area contributed by atoms with Crippen LogP contribution in [0.1, 0.15) is 34.1 Å². The fraction of sp³-hybridized carbons (Fsp3) is 0.333. The van der Waals surface area contributed by atoms with Crippen LogP contribution in [-0.4, -0.2) is 48.5 Å². The van der Waals surface area contributed by atoms with Gasteiger partial charge in [-0.05, 0) is 29.8 Å². The van der Waals surface area contributed by atoms with Gasteiger partial charge in [0.05, 0.1) is 22.3 Å². The number of thiophene rings is 1. The predicted molar refractivity (Wildman–Crippen MR) is 135 cm³/mol. The van der Waals surface area contributed by atoms with Gasteiger partial charge in [-0.25, -0.2) is 4.79 Å². The second-order valence-corrected chi connectivity index (χ2v) is 11.0. The molecule has 3 aromatic rings. The monoisotopic (exact) mass is 495 g/mol. The Morgan fingerprint density at radius 2 is 1.68 bits per heavy atom. The van der Waals surface area contributed by atoms with E-state index in [1.165, 1.54) is 11.3 Å². The average molecular weight is 496 g/mol. The first-order valence-electron chi connectivity index (χ1n) is 11.7. The van der Waals surface area contributed by atoms with Crippen molar-refractivity contribution < 1.29 is 18.8 Å². The highest BCUT2D eigenvalue weighted by atomic mass is 35.5. The molecule has 0 spiro atoms. The molecule has 34 heavy (non-hydrogen) atoms. The third kappa shape index (κ3) is 5.04. The Hall–Kier alpha value is -2.67. The molecule has 0 saturated carbocycles. The van der Waals surface area contributed by atoms with Crippen molar-refractivity contribution in [1.82, 2.24) is 0 Å². The number of carbonyl (C=O) groups excluding carboxylic acids is 2. The summed E-state index contributed by atoms with van der Waals surface area (Å²) in [6.07, 6.45) is 1.76. The van der Waals surface area contributed by atoms with Gasteiger partial charge in [0.2, 0.25) is 5.78 Å². The highest BCUT2D eigenvalue weighted by Gasteiger charge is 2.49. The summed E-state index contributed by atoms with van der Waals surface area (Å²) in [5.41, 5.74) is 1.73. The summed E-state index contributed by atoms with van der Waals surface area (Å²) in [5, 5.41) is 3.35. The Morgan fingerprint density at radius 1 is 1.00 bits per heavy atom. The summed E-state index contributed by atoms with van der Waals surface area (Å²) in [6.45, 7) is 3.03. The number of nitrogens with one attached hydrogen (secondary N) is 1. The summed E-state index contributed by atoms with van der Waals surface area (Å²) in [7, 11) is 0. The molecule has 0 amide bonds. The van der Waals surface area contributed by atoms with Crippen LogP contribution in [0.2, 0.25) is 4.34 Å². The summed E-state index contributed by atoms with van der Waals surface area (Å²) in [4.78, 5) is 27.1. The number of hydrogen-bond donors (Lipinski definition) is 1. The number of benzene rings is 2. The zero-order valence-corrected chi connectivity index (χ0v) is 20.4. The fourth-order valence-electron chi connectivity index (χ4n) is 5.27. The lowest BCUT2D eigenvalue weighted by molar-refractivity contribution is -0.938. The molecule has 4 heterocycles. The van der Waals surface area contributed by atoms with Crippen molar-refractivity contribution in [2.75, 3.05) is 31.5 Å². The van der Waals surface area contributed by atoms with Crippen molar-refractivity contribution >= 4 is 40.4 Å². The van der Waals surface area contributed by atoms with Crippen LogP contribution in [0.5, 0.6) is 0 Å². The van der Waals surface area contributed by atoms with E-state index in [0.717, 1.165) is 37.2 Å². The van der Waals surface area contributed by atoms with Crippen molar-refractivity contribution in [3.8, 4) is 0 Å². The molecule has 176 valence electrons. The molecule has 1 N–H and O–H groups in total. The quantitative estimate of drug-likeness (QED) is 0.251. The zero-order valence-electron chi connectivity index (χ0n) is 18.9. The highest BCUT2D eigenvalue weighted by molar-refractivity contribution is 7.18. The third-order valence-electron chi connectivity index (χ3n) is 7.09. The van der Waals surface area contributed by atoms with Crippen LogP contribution in [0.25, 0.3) is 0 Å². The van der Waals surface area contributed by atoms with Crippen LogP contribution in [0, 0.1) is 5.92 Å². The Labute approximate surface area is 208 Å². The number of esters is 1. The number of quaternary nitrogens is 1. The summed E-state index contributed by atoms with van der Waals surface area (Å²) in [5.74, 6) is 0.196. The normalized spacial score (nSPS) is 24.4. The Balaban J connectivity index is 1.31. The lowest BCUT2D eigenvalue weighted by Gasteiger charge is -2.51. The molecular weight excluding hydrogens is 468 g/mol. The molecule has 0 unspecified atom stereocenters. The standard InChI is InChI=1S/C27H28ClN2O3S/c28-25-12-11-24(34-25)22(31)17-30-15-13-19(14-16-30)23(18-30)33-27(32)26(20-7-3-1-4-8-20)29-21-9-5-2-6-10-21/h1-12,19,23,26,29H,13-18H2/q+1/t19?,23-,26-,30?/m0/s1. The van der Waals surface area contributed by atoms with E-state index in [4.69, 9.17) is 16.3 Å². The van der Waals surface area contributed by atoms with Gasteiger partial charge < -0.3 is 14.5 Å². The fourth-order valence-corrected chi connectivity index (χ4v) is 6.24. The Kier molecular flexibility index (Phi) is 6.73. The number of rotatable bonds is 8. The molecule has 3 aliphatic rings. The van der Waals surface area contributed by atoms with Crippen LogP contribution in [-0.2, 0) is 9.53 Å². The van der Waals surface area contributed by atoms with Gasteiger partial charge in [-0.2, -0.15) is 0 Å². The van der Waals surface area contributed by atoms with Crippen molar-refractivity contribution in [3.05, 3.63) is 87.6 Å². The SMILES string of the molecule is O=C(C[N+]12CCC(CC1)[C@@H](OC(=O)[C@@H](Nc1ccccc1)c1ccccc1)C2)c1ccc(Cl)s1. The van der Waals surface area contributed by atoms with Gasteiger partial charge in [0.1, 0.15) is 13.1 Å². The van der Waals surface area contributed by atoms with Crippen LogP contribution < -0.4 is 5.32 Å². The molecule has 2 atom stereocenters. The number of ketones is 1. The number of para-hydroxylation sites is 1. The molecule has 2 bridgehead atoms. The number of fused-ring (bicyclic) bond motifs is 3. The predicted octanol–water partition coefficient (Wildman–Crippen LogP) is 5.59. The second kappa shape index (κ2) is 9.90. The number of piperidine rings is 3. The molecular formula is C27H28ClN2O3S+. The van der Waals surface area contributed by atoms with E-state index in [2.05, 4.69) is 5.32 Å². The summed E-state index contributed by atoms with van der Waals surface area (Å²) in [6, 6.07) is 22.4. The van der Waals surface area contributed by atoms with E-state index < -0.39 is 6.04 Å². The number of Topliss-reactive ketones (excluding diaryl/α,β-unsaturated/α-hetero) is 1. The number of hydrogen-bond acceptors (Lipinski definition) is 5. The lowest BCUT2D eigenvalue weighted by Crippen LogP contribution is -2.65. The van der Waals surface area contributed by atoms with E-state index in [1.54, 1.807) is 6.07 Å². The average Bonchev–Trinajstić information content (AvgIpc) is 3.31. The van der Waals surface area contributed by atoms with Crippen molar-refractivity contribution in [1.29, 1.82) is 0 Å². The van der Waals surface area contributed by atoms with Gasteiger partial charge in [0.25, 0.3) is 0 Å². The van der Waals surface area contributed by atoms with E-state index in [9.17, 15) is 9.59 Å². The van der Waals surface area contributed by atoms with Crippen molar-refractivity contribution in [2.45, 2.75) is 25.0 Å². The van der Waals surface area contributed by atoms with Crippen LogP contribution in [0.15, 0.2) is 72.8 Å². The van der Waals surface area contributed by atoms with Gasteiger partial charge in [-0.15, -0.1) is 11.3 Å². The minimum atomic E-state index is -0.595. The number of halogens is 1. The number of carbonyl (C=O) groups is 2. The van der Waals surface area contributed by atoms with Crippen LogP contribution >= 0.6 is 22.9 Å². The lowest BCUT2D eigenvalue weighted by atomic mass is 9.83. The van der Waals surface area contributed by atoms with Crippen LogP contribution in [0.3, 0.4) is 0 Å².